The van der Waals surface area contributed by atoms with Gasteiger partial charge in [-0.1, -0.05) is 6.58 Å². The van der Waals surface area contributed by atoms with Gasteiger partial charge in [-0.05, 0) is 12.5 Å². The van der Waals surface area contributed by atoms with E-state index in [-0.39, 0.29) is 0 Å². The van der Waals surface area contributed by atoms with Crippen LogP contribution in [-0.2, 0) is 7.05 Å². The highest BCUT2D eigenvalue weighted by atomic mass is 15.1. The van der Waals surface area contributed by atoms with Gasteiger partial charge < -0.3 is 4.57 Å². The first kappa shape index (κ1) is 7.91. The van der Waals surface area contributed by atoms with Crippen molar-refractivity contribution < 1.29 is 0 Å². The second-order valence-electron chi connectivity index (χ2n) is 3.04. The molecule has 66 valence electrons. The first-order valence-electron chi connectivity index (χ1n) is 3.98. The zero-order valence-corrected chi connectivity index (χ0v) is 7.65. The van der Waals surface area contributed by atoms with Crippen molar-refractivity contribution in [2.45, 2.75) is 6.92 Å². The molecule has 0 fully saturated rings. The van der Waals surface area contributed by atoms with Gasteiger partial charge in [-0.2, -0.15) is 0 Å². The highest BCUT2D eigenvalue weighted by Crippen LogP contribution is 2.11. The number of aryl methyl sites for hydroxylation is 1. The number of fused-ring (bicyclic) bond motifs is 1. The molecule has 0 spiro atoms. The molecule has 13 heavy (non-hydrogen) atoms. The largest absolute Gasteiger partial charge is 0.331 e. The summed E-state index contributed by atoms with van der Waals surface area (Å²) in [5.41, 5.74) is 2.51. The Hall–Kier alpha value is -1.71. The standard InChI is InChI=1S/C9H10N4/c1-6(2)8-10-4-7-9(12-8)11-5-13(7)3/h4-5H,1H2,2-3H3. The summed E-state index contributed by atoms with van der Waals surface area (Å²) in [4.78, 5) is 12.6. The molecule has 0 aromatic carbocycles. The summed E-state index contributed by atoms with van der Waals surface area (Å²) in [5, 5.41) is 0. The minimum atomic E-state index is 0.659. The van der Waals surface area contributed by atoms with Gasteiger partial charge in [0.05, 0.1) is 12.5 Å². The molecule has 2 rings (SSSR count). The van der Waals surface area contributed by atoms with Crippen molar-refractivity contribution in [3.63, 3.8) is 0 Å². The van der Waals surface area contributed by atoms with Gasteiger partial charge in [0.2, 0.25) is 0 Å². The Balaban J connectivity index is 2.70. The molecule has 0 N–H and O–H groups in total. The molecule has 0 amide bonds. The summed E-state index contributed by atoms with van der Waals surface area (Å²) in [5.74, 6) is 0.659. The maximum absolute atomic E-state index is 4.25. The van der Waals surface area contributed by atoms with E-state index >= 15 is 0 Å². The summed E-state index contributed by atoms with van der Waals surface area (Å²) in [6.07, 6.45) is 3.49. The fraction of sp³-hybridized carbons (Fsp3) is 0.222. The Bertz CT molecular complexity index is 469. The first-order valence-corrected chi connectivity index (χ1v) is 3.98. The van der Waals surface area contributed by atoms with Crippen molar-refractivity contribution >= 4 is 16.7 Å². The van der Waals surface area contributed by atoms with Gasteiger partial charge >= 0.3 is 0 Å². The van der Waals surface area contributed by atoms with Crippen LogP contribution >= 0.6 is 0 Å². The molecule has 0 saturated heterocycles. The molecule has 0 aliphatic rings. The Morgan fingerprint density at radius 2 is 2.23 bits per heavy atom. The first-order chi connectivity index (χ1) is 6.18. The number of hydrogen-bond acceptors (Lipinski definition) is 3. The number of imidazole rings is 1. The second-order valence-corrected chi connectivity index (χ2v) is 3.04. The van der Waals surface area contributed by atoms with Crippen molar-refractivity contribution in [2.75, 3.05) is 0 Å². The smallest absolute Gasteiger partial charge is 0.181 e. The summed E-state index contributed by atoms with van der Waals surface area (Å²) in [6, 6.07) is 0. The third-order valence-electron chi connectivity index (χ3n) is 1.86. The summed E-state index contributed by atoms with van der Waals surface area (Å²) in [7, 11) is 1.92. The molecule has 0 aliphatic carbocycles. The minimum Gasteiger partial charge on any atom is -0.331 e. The van der Waals surface area contributed by atoms with E-state index in [9.17, 15) is 0 Å². The van der Waals surface area contributed by atoms with Gasteiger partial charge in [0, 0.05) is 7.05 Å². The molecular weight excluding hydrogens is 164 g/mol. The van der Waals surface area contributed by atoms with Gasteiger partial charge in [-0.3, -0.25) is 0 Å². The molecule has 0 radical (unpaired) electrons. The van der Waals surface area contributed by atoms with Gasteiger partial charge in [0.25, 0.3) is 0 Å². The van der Waals surface area contributed by atoms with Crippen LogP contribution in [0.5, 0.6) is 0 Å². The highest BCUT2D eigenvalue weighted by Gasteiger charge is 2.03. The van der Waals surface area contributed by atoms with E-state index in [1.54, 1.807) is 12.5 Å². The van der Waals surface area contributed by atoms with E-state index in [2.05, 4.69) is 21.5 Å². The van der Waals surface area contributed by atoms with Crippen LogP contribution in [-0.4, -0.2) is 19.5 Å². The molecule has 0 saturated carbocycles. The monoisotopic (exact) mass is 174 g/mol. The molecule has 0 unspecified atom stereocenters. The maximum Gasteiger partial charge on any atom is 0.181 e. The fourth-order valence-corrected chi connectivity index (χ4v) is 1.12. The second kappa shape index (κ2) is 2.65. The fourth-order valence-electron chi connectivity index (χ4n) is 1.12. The lowest BCUT2D eigenvalue weighted by Gasteiger charge is -1.97. The van der Waals surface area contributed by atoms with E-state index in [0.29, 0.717) is 5.82 Å². The van der Waals surface area contributed by atoms with Gasteiger partial charge in [0.15, 0.2) is 11.5 Å². The SMILES string of the molecule is C=C(C)c1ncc2c(ncn2C)n1. The third-order valence-corrected chi connectivity index (χ3v) is 1.86. The summed E-state index contributed by atoms with van der Waals surface area (Å²) < 4.78 is 1.89. The molecule has 2 aromatic rings. The zero-order chi connectivity index (χ0) is 9.42. The average Bonchev–Trinajstić information content (AvgIpc) is 2.47. The van der Waals surface area contributed by atoms with Crippen molar-refractivity contribution in [3.05, 3.63) is 24.9 Å². The van der Waals surface area contributed by atoms with Crippen LogP contribution in [0.15, 0.2) is 19.1 Å². The van der Waals surface area contributed by atoms with E-state index < -0.39 is 0 Å². The van der Waals surface area contributed by atoms with E-state index in [4.69, 9.17) is 0 Å². The number of allylic oxidation sites excluding steroid dienone is 1. The lowest BCUT2D eigenvalue weighted by molar-refractivity contribution is 0.944. The van der Waals surface area contributed by atoms with Crippen LogP contribution in [0.2, 0.25) is 0 Å². The van der Waals surface area contributed by atoms with Crippen molar-refractivity contribution in [1.29, 1.82) is 0 Å². The van der Waals surface area contributed by atoms with Crippen LogP contribution in [0.4, 0.5) is 0 Å². The Morgan fingerprint density at radius 1 is 1.46 bits per heavy atom. The number of hydrogen-bond donors (Lipinski definition) is 0. The molecule has 0 bridgehead atoms. The van der Waals surface area contributed by atoms with E-state index in [1.807, 2.05) is 18.5 Å². The average molecular weight is 174 g/mol. The molecular formula is C9H10N4. The zero-order valence-electron chi connectivity index (χ0n) is 7.65. The highest BCUT2D eigenvalue weighted by molar-refractivity contribution is 5.71. The molecule has 4 heteroatoms. The van der Waals surface area contributed by atoms with Crippen molar-refractivity contribution in [2.24, 2.45) is 7.05 Å². The van der Waals surface area contributed by atoms with Crippen LogP contribution in [0.1, 0.15) is 12.7 Å². The van der Waals surface area contributed by atoms with Crippen LogP contribution < -0.4 is 0 Å². The lowest BCUT2D eigenvalue weighted by Crippen LogP contribution is -1.92. The van der Waals surface area contributed by atoms with E-state index in [1.165, 1.54) is 0 Å². The van der Waals surface area contributed by atoms with Crippen LogP contribution in [0.3, 0.4) is 0 Å². The predicted octanol–water partition coefficient (Wildman–Crippen LogP) is 1.40. The number of rotatable bonds is 1. The normalized spacial score (nSPS) is 10.6. The molecule has 4 nitrogen and oxygen atoms in total. The maximum atomic E-state index is 4.25. The molecule has 0 aliphatic heterocycles. The predicted molar refractivity (Wildman–Crippen MR) is 51.0 cm³/mol. The van der Waals surface area contributed by atoms with Gasteiger partial charge in [0.1, 0.15) is 5.52 Å². The van der Waals surface area contributed by atoms with Gasteiger partial charge in [-0.25, -0.2) is 15.0 Å². The number of nitrogens with zero attached hydrogens (tertiary/aromatic N) is 4. The Kier molecular flexibility index (Phi) is 1.62. The van der Waals surface area contributed by atoms with Gasteiger partial charge in [-0.15, -0.1) is 0 Å². The number of aromatic nitrogens is 4. The summed E-state index contributed by atoms with van der Waals surface area (Å²) >= 11 is 0. The quantitative estimate of drug-likeness (QED) is 0.656. The topological polar surface area (TPSA) is 43.6 Å². The van der Waals surface area contributed by atoms with E-state index in [0.717, 1.165) is 16.7 Å². The minimum absolute atomic E-state index is 0.659. The summed E-state index contributed by atoms with van der Waals surface area (Å²) in [6.45, 7) is 5.66. The Labute approximate surface area is 76.0 Å². The van der Waals surface area contributed by atoms with Crippen molar-refractivity contribution in [3.8, 4) is 0 Å². The molecule has 0 atom stereocenters. The molecule has 2 heterocycles. The third kappa shape index (κ3) is 1.20. The van der Waals surface area contributed by atoms with Crippen LogP contribution in [0.25, 0.3) is 16.7 Å². The lowest BCUT2D eigenvalue weighted by atomic mass is 10.3. The van der Waals surface area contributed by atoms with Crippen LogP contribution in [0, 0.1) is 0 Å². The van der Waals surface area contributed by atoms with Crippen molar-refractivity contribution in [1.82, 2.24) is 19.5 Å². The Morgan fingerprint density at radius 3 is 2.92 bits per heavy atom. The molecule has 2 aromatic heterocycles.